The number of halogens is 2. The van der Waals surface area contributed by atoms with Crippen LogP contribution in [0.4, 0.5) is 4.39 Å². The summed E-state index contributed by atoms with van der Waals surface area (Å²) in [5.74, 6) is 5.30. The van der Waals surface area contributed by atoms with Crippen molar-refractivity contribution in [3.05, 3.63) is 69.9 Å². The fourth-order valence-electron chi connectivity index (χ4n) is 1.90. The molecular formula is C14H14BrFN2. The largest absolute Gasteiger partial charge is 0.271 e. The molecule has 0 aliphatic carbocycles. The first-order chi connectivity index (χ1) is 8.72. The summed E-state index contributed by atoms with van der Waals surface area (Å²) in [6.07, 6.45) is 0.708. The minimum Gasteiger partial charge on any atom is -0.271 e. The predicted octanol–water partition coefficient (Wildman–Crippen LogP) is 3.34. The molecule has 0 aromatic heterocycles. The van der Waals surface area contributed by atoms with Gasteiger partial charge in [-0.1, -0.05) is 42.5 Å². The minimum atomic E-state index is -0.277. The molecule has 4 heteroatoms. The highest BCUT2D eigenvalue weighted by molar-refractivity contribution is 9.10. The Morgan fingerprint density at radius 3 is 2.50 bits per heavy atom. The van der Waals surface area contributed by atoms with Crippen molar-refractivity contribution in [2.75, 3.05) is 0 Å². The molecule has 3 N–H and O–H groups in total. The van der Waals surface area contributed by atoms with Gasteiger partial charge >= 0.3 is 0 Å². The maximum Gasteiger partial charge on any atom is 0.137 e. The molecule has 2 nitrogen and oxygen atoms in total. The topological polar surface area (TPSA) is 38.0 Å². The maximum absolute atomic E-state index is 13.5. The van der Waals surface area contributed by atoms with Crippen molar-refractivity contribution >= 4 is 15.9 Å². The monoisotopic (exact) mass is 308 g/mol. The first-order valence-corrected chi connectivity index (χ1v) is 6.45. The molecule has 1 atom stereocenters. The molecule has 0 radical (unpaired) electrons. The van der Waals surface area contributed by atoms with Crippen LogP contribution in [-0.2, 0) is 6.42 Å². The molecule has 0 aliphatic rings. The Hall–Kier alpha value is -1.23. The molecule has 0 bridgehead atoms. The lowest BCUT2D eigenvalue weighted by Gasteiger charge is -2.18. The predicted molar refractivity (Wildman–Crippen MR) is 74.3 cm³/mol. The van der Waals surface area contributed by atoms with Gasteiger partial charge in [-0.05, 0) is 39.5 Å². The van der Waals surface area contributed by atoms with E-state index in [1.54, 1.807) is 6.07 Å². The van der Waals surface area contributed by atoms with Crippen molar-refractivity contribution in [1.82, 2.24) is 5.43 Å². The molecule has 0 fully saturated rings. The summed E-state index contributed by atoms with van der Waals surface area (Å²) in [6, 6.07) is 14.8. The Morgan fingerprint density at radius 2 is 1.83 bits per heavy atom. The van der Waals surface area contributed by atoms with Crippen LogP contribution in [0.5, 0.6) is 0 Å². The Balaban J connectivity index is 2.26. The van der Waals surface area contributed by atoms with E-state index in [0.29, 0.717) is 10.9 Å². The van der Waals surface area contributed by atoms with Crippen molar-refractivity contribution < 1.29 is 4.39 Å². The Morgan fingerprint density at radius 1 is 1.11 bits per heavy atom. The summed E-state index contributed by atoms with van der Waals surface area (Å²) in [7, 11) is 0. The molecule has 0 amide bonds. The molecule has 2 aromatic carbocycles. The number of hydrogen-bond acceptors (Lipinski definition) is 2. The number of nitrogens with one attached hydrogen (secondary N) is 1. The minimum absolute atomic E-state index is 0.127. The summed E-state index contributed by atoms with van der Waals surface area (Å²) >= 11 is 3.26. The van der Waals surface area contributed by atoms with Crippen LogP contribution in [0.1, 0.15) is 17.2 Å². The van der Waals surface area contributed by atoms with E-state index in [0.717, 1.165) is 11.1 Å². The van der Waals surface area contributed by atoms with E-state index >= 15 is 0 Å². The zero-order valence-corrected chi connectivity index (χ0v) is 11.3. The average Bonchev–Trinajstić information content (AvgIpc) is 2.41. The number of nitrogens with two attached hydrogens (primary N) is 1. The molecule has 0 saturated heterocycles. The van der Waals surface area contributed by atoms with Crippen LogP contribution in [0.25, 0.3) is 0 Å². The molecule has 94 valence electrons. The Labute approximate surface area is 114 Å². The molecule has 0 heterocycles. The van der Waals surface area contributed by atoms with Gasteiger partial charge in [-0.15, -0.1) is 0 Å². The van der Waals surface area contributed by atoms with Crippen LogP contribution in [0.15, 0.2) is 53.0 Å². The maximum atomic E-state index is 13.5. The fourth-order valence-corrected chi connectivity index (χ4v) is 2.44. The van der Waals surface area contributed by atoms with Gasteiger partial charge in [-0.2, -0.15) is 0 Å². The molecule has 18 heavy (non-hydrogen) atoms. The van der Waals surface area contributed by atoms with Gasteiger partial charge in [-0.25, -0.2) is 4.39 Å². The van der Waals surface area contributed by atoms with Gasteiger partial charge in [0.15, 0.2) is 0 Å². The number of rotatable bonds is 4. The van der Waals surface area contributed by atoms with Gasteiger partial charge in [-0.3, -0.25) is 11.3 Å². The first-order valence-electron chi connectivity index (χ1n) is 5.66. The molecule has 0 saturated carbocycles. The standard InChI is InChI=1S/C14H14BrFN2/c15-14-11(7-4-8-12(14)16)13(18-17)9-10-5-2-1-3-6-10/h1-8,13,18H,9,17H2. The summed E-state index contributed by atoms with van der Waals surface area (Å²) in [6.45, 7) is 0. The Bertz CT molecular complexity index is 516. The molecular weight excluding hydrogens is 295 g/mol. The zero-order chi connectivity index (χ0) is 13.0. The van der Waals surface area contributed by atoms with E-state index in [2.05, 4.69) is 21.4 Å². The smallest absolute Gasteiger partial charge is 0.137 e. The van der Waals surface area contributed by atoms with Gasteiger partial charge in [0.2, 0.25) is 0 Å². The van der Waals surface area contributed by atoms with Crippen LogP contribution < -0.4 is 11.3 Å². The number of benzene rings is 2. The van der Waals surface area contributed by atoms with Crippen LogP contribution >= 0.6 is 15.9 Å². The summed E-state index contributed by atoms with van der Waals surface area (Å²) < 4.78 is 14.0. The molecule has 2 aromatic rings. The van der Waals surface area contributed by atoms with E-state index in [4.69, 9.17) is 5.84 Å². The normalized spacial score (nSPS) is 12.4. The quantitative estimate of drug-likeness (QED) is 0.671. The van der Waals surface area contributed by atoms with E-state index in [1.165, 1.54) is 6.07 Å². The number of hydrogen-bond donors (Lipinski definition) is 2. The van der Waals surface area contributed by atoms with E-state index in [9.17, 15) is 4.39 Å². The van der Waals surface area contributed by atoms with Crippen LogP contribution in [-0.4, -0.2) is 0 Å². The van der Waals surface area contributed by atoms with E-state index < -0.39 is 0 Å². The lowest BCUT2D eigenvalue weighted by molar-refractivity contribution is 0.540. The van der Waals surface area contributed by atoms with Crippen LogP contribution in [0, 0.1) is 5.82 Å². The third-order valence-electron chi connectivity index (χ3n) is 2.84. The first kappa shape index (κ1) is 13.2. The summed E-state index contributed by atoms with van der Waals surface area (Å²) in [5, 5.41) is 0. The van der Waals surface area contributed by atoms with Gasteiger partial charge in [0.05, 0.1) is 10.5 Å². The molecule has 0 spiro atoms. The zero-order valence-electron chi connectivity index (χ0n) is 9.74. The summed E-state index contributed by atoms with van der Waals surface area (Å²) in [4.78, 5) is 0. The van der Waals surface area contributed by atoms with Gasteiger partial charge in [0.25, 0.3) is 0 Å². The third-order valence-corrected chi connectivity index (χ3v) is 3.68. The van der Waals surface area contributed by atoms with Gasteiger partial charge in [0, 0.05) is 0 Å². The average molecular weight is 309 g/mol. The van der Waals surface area contributed by atoms with Gasteiger partial charge in [0.1, 0.15) is 5.82 Å². The number of hydrazine groups is 1. The lowest BCUT2D eigenvalue weighted by atomic mass is 9.99. The summed E-state index contributed by atoms with van der Waals surface area (Å²) in [5.41, 5.74) is 4.71. The highest BCUT2D eigenvalue weighted by atomic mass is 79.9. The van der Waals surface area contributed by atoms with Crippen LogP contribution in [0.2, 0.25) is 0 Å². The third kappa shape index (κ3) is 2.96. The highest BCUT2D eigenvalue weighted by Crippen LogP contribution is 2.27. The van der Waals surface area contributed by atoms with E-state index in [-0.39, 0.29) is 11.9 Å². The lowest BCUT2D eigenvalue weighted by Crippen LogP contribution is -2.30. The second-order valence-electron chi connectivity index (χ2n) is 4.05. The fraction of sp³-hybridized carbons (Fsp3) is 0.143. The van der Waals surface area contributed by atoms with Crippen molar-refractivity contribution in [1.29, 1.82) is 0 Å². The second kappa shape index (κ2) is 6.09. The van der Waals surface area contributed by atoms with Crippen molar-refractivity contribution in [3.8, 4) is 0 Å². The SMILES string of the molecule is NNC(Cc1ccccc1)c1cccc(F)c1Br. The molecule has 1 unspecified atom stereocenters. The molecule has 0 aliphatic heterocycles. The molecule has 2 rings (SSSR count). The van der Waals surface area contributed by atoms with Crippen molar-refractivity contribution in [2.24, 2.45) is 5.84 Å². The Kier molecular flexibility index (Phi) is 4.47. The highest BCUT2D eigenvalue weighted by Gasteiger charge is 2.15. The van der Waals surface area contributed by atoms with Gasteiger partial charge < -0.3 is 0 Å². The van der Waals surface area contributed by atoms with Crippen molar-refractivity contribution in [2.45, 2.75) is 12.5 Å². The van der Waals surface area contributed by atoms with Crippen molar-refractivity contribution in [3.63, 3.8) is 0 Å². The van der Waals surface area contributed by atoms with E-state index in [1.807, 2.05) is 36.4 Å². The van der Waals surface area contributed by atoms with Crippen LogP contribution in [0.3, 0.4) is 0 Å². The second-order valence-corrected chi connectivity index (χ2v) is 4.85.